The molecular formula is C65H82N16O15S3. The molecule has 0 aromatic heterocycles. The van der Waals surface area contributed by atoms with Crippen LogP contribution in [0.2, 0.25) is 0 Å². The number of rotatable bonds is 26. The predicted molar refractivity (Wildman–Crippen MR) is 371 cm³/mol. The average Bonchev–Trinajstić information content (AvgIpc) is 1.61. The minimum atomic E-state index is -1.85. The molecule has 11 amide bonds. The van der Waals surface area contributed by atoms with Crippen molar-refractivity contribution >= 4 is 122 Å². The normalized spacial score (nSPS) is 19.4. The van der Waals surface area contributed by atoms with E-state index in [0.717, 1.165) is 21.6 Å². The van der Waals surface area contributed by atoms with Crippen LogP contribution < -0.4 is 86.2 Å². The molecule has 7 rings (SSSR count). The molecule has 3 aliphatic heterocycles. The van der Waals surface area contributed by atoms with Crippen molar-refractivity contribution in [3.63, 3.8) is 0 Å². The second-order valence-corrected chi connectivity index (χ2v) is 26.7. The van der Waals surface area contributed by atoms with Crippen LogP contribution in [0.5, 0.6) is 17.2 Å². The highest BCUT2D eigenvalue weighted by molar-refractivity contribution is 8.76. The molecule has 0 radical (unpaired) electrons. The SMILES string of the molecule is CCC(C)C1NC(=O)C(Cc2ccc(O)cc2)NC(=O)CCSSCC(C(=O)NC(CCCCNC(=S)Nc2ccc3c(c2)C2(OC3=O)c3ccccc3Oc3ccccc32)C(=O)NC(CCCNC(=N)N)C(=O)NCC(N)=O)NC(=O)C(CC(N)=O)NC(=O)C(CCC(N)=O)NC1=O. The van der Waals surface area contributed by atoms with Crippen molar-refractivity contribution in [3.05, 3.63) is 119 Å². The maximum Gasteiger partial charge on any atom is 0.340 e. The number of ether oxygens (including phenoxy) is 2. The summed E-state index contributed by atoms with van der Waals surface area (Å²) in [5.41, 5.74) is 23.7. The Labute approximate surface area is 583 Å². The van der Waals surface area contributed by atoms with Gasteiger partial charge in [0.15, 0.2) is 16.7 Å². The number of thiocarbonyl (C=S) groups is 1. The number of para-hydroxylation sites is 2. The van der Waals surface area contributed by atoms with Gasteiger partial charge in [-0.2, -0.15) is 0 Å². The van der Waals surface area contributed by atoms with E-state index < -0.39 is 151 Å². The largest absolute Gasteiger partial charge is 0.508 e. The van der Waals surface area contributed by atoms with Crippen LogP contribution in [0.25, 0.3) is 0 Å². The van der Waals surface area contributed by atoms with Gasteiger partial charge < -0.3 is 96.0 Å². The smallest absolute Gasteiger partial charge is 0.340 e. The summed E-state index contributed by atoms with van der Waals surface area (Å²) in [4.78, 5) is 164. The van der Waals surface area contributed by atoms with Crippen molar-refractivity contribution in [1.82, 2.24) is 53.2 Å². The van der Waals surface area contributed by atoms with Crippen molar-refractivity contribution in [3.8, 4) is 17.2 Å². The number of unbranched alkanes of at least 4 members (excludes halogenated alkanes) is 1. The monoisotopic (exact) mass is 1420 g/mol. The number of nitrogens with one attached hydrogen (secondary N) is 12. The summed E-state index contributed by atoms with van der Waals surface area (Å²) in [6, 6.07) is 14.9. The number of aromatic hydroxyl groups is 1. The van der Waals surface area contributed by atoms with Crippen molar-refractivity contribution in [2.75, 3.05) is 36.5 Å². The second kappa shape index (κ2) is 36.4. The molecule has 0 saturated carbocycles. The standard InChI is InChI=1S/C65H82N16O15S3/c1-3-34(2)54-61(93)78-44(23-24-50(66)83)57(89)79-46(31-51(67)84)58(90)80-47(33-99-98-28-25-53(86)75-45(59(91)81-54)29-35-17-20-37(82)21-18-35)60(92)77-43(56(88)76-42(14-10-27-71-63(69)70)55(87)73-32-52(68)85)13-8-9-26-72-64(97)74-36-19-22-38-41(30-36)65(96-62(38)94)39-11-4-6-15-48(39)95-49-16-7-5-12-40(49)65/h4-7,11-12,15-22,30,34,42-47,54,82H,3,8-10,13-14,23-29,31-33H2,1-2H3,(H2,66,83)(H2,67,84)(H2,68,85)(H,73,87)(H,75,86)(H,76,88)(H,77,92)(H,78,93)(H,79,89)(H,80,90)(H,81,91)(H4,69,70,71)(H2,72,74,97). The third-order valence-electron chi connectivity index (χ3n) is 16.3. The third kappa shape index (κ3) is 21.6. The number of amides is 11. The molecule has 31 nitrogen and oxygen atoms in total. The average molecular weight is 1420 g/mol. The summed E-state index contributed by atoms with van der Waals surface area (Å²) in [5.74, 6) is -10.9. The van der Waals surface area contributed by atoms with Crippen LogP contribution in [0.1, 0.15) is 111 Å². The van der Waals surface area contributed by atoms with Gasteiger partial charge in [-0.05, 0) is 105 Å². The van der Waals surface area contributed by atoms with E-state index in [1.165, 1.54) is 12.1 Å². The molecule has 0 aliphatic carbocycles. The second-order valence-electron chi connectivity index (χ2n) is 23.7. The van der Waals surface area contributed by atoms with Crippen LogP contribution in [-0.2, 0) is 69.5 Å². The van der Waals surface area contributed by atoms with E-state index in [4.69, 9.17) is 50.0 Å². The lowest BCUT2D eigenvalue weighted by Gasteiger charge is -2.36. The van der Waals surface area contributed by atoms with E-state index >= 15 is 0 Å². The van der Waals surface area contributed by atoms with Gasteiger partial charge in [-0.15, -0.1) is 0 Å². The number of primary amides is 3. The molecule has 0 bridgehead atoms. The highest BCUT2D eigenvalue weighted by Gasteiger charge is 2.53. The van der Waals surface area contributed by atoms with Gasteiger partial charge in [-0.3, -0.25) is 58.1 Å². The molecule has 1 saturated heterocycles. The number of carbonyl (C=O) groups excluding carboxylic acids is 12. The fourth-order valence-corrected chi connectivity index (χ4v) is 13.4. The van der Waals surface area contributed by atoms with Gasteiger partial charge in [0.25, 0.3) is 0 Å². The molecule has 8 unspecified atom stereocenters. The molecule has 3 aliphatic rings. The molecule has 21 N–H and O–H groups in total. The fraction of sp³-hybridized carbons (Fsp3) is 0.415. The highest BCUT2D eigenvalue weighted by atomic mass is 33.1. The van der Waals surface area contributed by atoms with E-state index in [2.05, 4.69) is 58.5 Å². The number of fused-ring (bicyclic) bond motifs is 6. The van der Waals surface area contributed by atoms with Crippen LogP contribution in [0, 0.1) is 11.3 Å². The number of benzene rings is 4. The number of esters is 1. The van der Waals surface area contributed by atoms with E-state index in [-0.39, 0.29) is 79.9 Å². The van der Waals surface area contributed by atoms with Crippen molar-refractivity contribution in [1.29, 1.82) is 5.41 Å². The number of carbonyl (C=O) groups is 12. The molecule has 34 heteroatoms. The fourth-order valence-electron chi connectivity index (χ4n) is 11.0. The molecule has 4 aromatic rings. The summed E-state index contributed by atoms with van der Waals surface area (Å²) >= 11 is 5.73. The lowest BCUT2D eigenvalue weighted by Crippen LogP contribution is -2.61. The maximum atomic E-state index is 14.9. The van der Waals surface area contributed by atoms with Crippen molar-refractivity contribution in [2.45, 2.75) is 132 Å². The first-order valence-electron chi connectivity index (χ1n) is 31.9. The minimum absolute atomic E-state index is 0.0559. The van der Waals surface area contributed by atoms with Crippen molar-refractivity contribution in [2.24, 2.45) is 28.9 Å². The Morgan fingerprint density at radius 2 is 1.32 bits per heavy atom. The van der Waals surface area contributed by atoms with Crippen LogP contribution in [0.15, 0.2) is 91.0 Å². The summed E-state index contributed by atoms with van der Waals surface area (Å²) < 4.78 is 12.5. The number of guanidine groups is 1. The number of hydrogen-bond acceptors (Lipinski definition) is 19. The molecule has 8 atom stereocenters. The third-order valence-corrected chi connectivity index (χ3v) is 19.0. The molecule has 3 heterocycles. The Morgan fingerprint density at radius 1 is 0.687 bits per heavy atom. The van der Waals surface area contributed by atoms with E-state index in [1.54, 1.807) is 56.3 Å². The topological polar surface area (TPSA) is 504 Å². The van der Waals surface area contributed by atoms with Gasteiger partial charge in [0, 0.05) is 66.2 Å². The van der Waals surface area contributed by atoms with Crippen LogP contribution in [0.3, 0.4) is 0 Å². The van der Waals surface area contributed by atoms with Gasteiger partial charge >= 0.3 is 5.97 Å². The van der Waals surface area contributed by atoms with E-state index in [1.807, 2.05) is 36.4 Å². The van der Waals surface area contributed by atoms with Gasteiger partial charge in [-0.1, -0.05) is 90.4 Å². The van der Waals surface area contributed by atoms with Gasteiger partial charge in [0.2, 0.25) is 65.0 Å². The quantitative estimate of drug-likeness (QED) is 0.00974. The van der Waals surface area contributed by atoms with Crippen LogP contribution in [-0.4, -0.2) is 161 Å². The molecule has 1 spiro atoms. The first-order valence-corrected chi connectivity index (χ1v) is 34.8. The number of anilines is 1. The van der Waals surface area contributed by atoms with E-state index in [0.29, 0.717) is 57.8 Å². The zero-order chi connectivity index (χ0) is 71.9. The van der Waals surface area contributed by atoms with Gasteiger partial charge in [-0.25, -0.2) is 4.79 Å². The highest BCUT2D eigenvalue weighted by Crippen LogP contribution is 2.56. The molecule has 99 heavy (non-hydrogen) atoms. The van der Waals surface area contributed by atoms with E-state index in [9.17, 15) is 62.6 Å². The lowest BCUT2D eigenvalue weighted by atomic mass is 9.77. The Hall–Kier alpha value is -10.2. The molecule has 1 fully saturated rings. The number of phenolic OH excluding ortho intramolecular Hbond substituents is 1. The lowest BCUT2D eigenvalue weighted by molar-refractivity contribution is -0.137. The Kier molecular flexibility index (Phi) is 28.0. The Morgan fingerprint density at radius 3 is 1.98 bits per heavy atom. The zero-order valence-electron chi connectivity index (χ0n) is 54.3. The summed E-state index contributed by atoms with van der Waals surface area (Å²) in [6.07, 6.45) is -1.35. The first-order chi connectivity index (χ1) is 47.3. The molecular weight excluding hydrogens is 1340 g/mol. The minimum Gasteiger partial charge on any atom is -0.508 e. The maximum absolute atomic E-state index is 14.9. The summed E-state index contributed by atoms with van der Waals surface area (Å²) in [6.45, 7) is 3.07. The Bertz CT molecular complexity index is 3650. The van der Waals surface area contributed by atoms with Gasteiger partial charge in [0.05, 0.1) is 18.5 Å². The number of hydrogen-bond donors (Lipinski definition) is 17. The summed E-state index contributed by atoms with van der Waals surface area (Å²) in [7, 11) is 2.08. The number of nitrogens with two attached hydrogens (primary N) is 4. The molecule has 530 valence electrons. The number of phenols is 1. The summed E-state index contributed by atoms with van der Waals surface area (Å²) in [5, 5.41) is 47.2. The van der Waals surface area contributed by atoms with Crippen molar-refractivity contribution < 1.29 is 72.1 Å². The molecule has 4 aromatic carbocycles. The van der Waals surface area contributed by atoms with Gasteiger partial charge in [0.1, 0.15) is 59.5 Å². The Balaban J connectivity index is 1.13. The first kappa shape index (κ1) is 76.2. The predicted octanol–water partition coefficient (Wildman–Crippen LogP) is -0.110. The zero-order valence-corrected chi connectivity index (χ0v) is 56.7. The van der Waals surface area contributed by atoms with Crippen LogP contribution in [0.4, 0.5) is 5.69 Å². The van der Waals surface area contributed by atoms with Crippen LogP contribution >= 0.6 is 33.8 Å².